The lowest BCUT2D eigenvalue weighted by Gasteiger charge is -2.36. The Morgan fingerprint density at radius 3 is 1.72 bits per heavy atom. The lowest BCUT2D eigenvalue weighted by atomic mass is 9.76. The molecule has 3 aromatic rings. The van der Waals surface area contributed by atoms with Crippen molar-refractivity contribution in [3.8, 4) is 17.6 Å². The first-order valence-corrected chi connectivity index (χ1v) is 13.9. The van der Waals surface area contributed by atoms with E-state index in [1.807, 2.05) is 0 Å². The van der Waals surface area contributed by atoms with Crippen molar-refractivity contribution in [2.45, 2.75) is 60.6 Å². The number of halogens is 10. The molecule has 0 aromatic heterocycles. The third-order valence-corrected chi connectivity index (χ3v) is 9.17. The summed E-state index contributed by atoms with van der Waals surface area (Å²) >= 11 is 0. The van der Waals surface area contributed by atoms with Crippen molar-refractivity contribution < 1.29 is 58.9 Å². The second-order valence-electron chi connectivity index (χ2n) is 11.8. The van der Waals surface area contributed by atoms with E-state index < -0.39 is 87.2 Å². The maximum Gasteiger partial charge on any atom is 0.346 e. The smallest absolute Gasteiger partial charge is 0.346 e. The molecular formula is C33H21F10NO3. The van der Waals surface area contributed by atoms with Gasteiger partial charge in [-0.2, -0.15) is 40.4 Å². The number of aliphatic hydroxyl groups is 2. The number of allylic oxidation sites excluding steroid dienone is 2. The van der Waals surface area contributed by atoms with Crippen LogP contribution in [0.1, 0.15) is 64.6 Å². The molecule has 2 N–H and O–H groups in total. The van der Waals surface area contributed by atoms with Crippen LogP contribution in [0.4, 0.5) is 43.9 Å². The van der Waals surface area contributed by atoms with Crippen LogP contribution in [0.25, 0.3) is 11.1 Å². The molecule has 0 heterocycles. The highest BCUT2D eigenvalue weighted by molar-refractivity contribution is 5.78. The number of nitriles is 1. The lowest BCUT2D eigenvalue weighted by molar-refractivity contribution is -0.287. The van der Waals surface area contributed by atoms with E-state index in [-0.39, 0.29) is 46.6 Å². The van der Waals surface area contributed by atoms with Crippen molar-refractivity contribution in [2.24, 2.45) is 0 Å². The number of hydrogen-bond donors (Lipinski definition) is 2. The number of hydrogen-bond acceptors (Lipinski definition) is 4. The quantitative estimate of drug-likeness (QED) is 0.268. The Kier molecular flexibility index (Phi) is 6.82. The highest BCUT2D eigenvalue weighted by Crippen LogP contribution is 2.67. The Morgan fingerprint density at radius 2 is 1.19 bits per heavy atom. The zero-order valence-corrected chi connectivity index (χ0v) is 23.8. The highest BCUT2D eigenvalue weighted by Gasteiger charge is 2.78. The van der Waals surface area contributed by atoms with Gasteiger partial charge in [-0.3, -0.25) is 0 Å². The molecule has 0 fully saturated rings. The Morgan fingerprint density at radius 1 is 0.702 bits per heavy atom. The molecule has 4 aliphatic rings. The minimum atomic E-state index is -4.71. The largest absolute Gasteiger partial charge is 0.457 e. The number of alkyl halides is 8. The van der Waals surface area contributed by atoms with Gasteiger partial charge >= 0.3 is 23.7 Å². The van der Waals surface area contributed by atoms with Crippen LogP contribution in [0.15, 0.2) is 55.6 Å². The minimum absolute atomic E-state index is 0.0433. The van der Waals surface area contributed by atoms with E-state index in [9.17, 15) is 54.1 Å². The van der Waals surface area contributed by atoms with Crippen molar-refractivity contribution in [1.82, 2.24) is 0 Å². The number of nitrogens with zero attached hydrogens (tertiary/aromatic N) is 1. The van der Waals surface area contributed by atoms with Gasteiger partial charge in [0, 0.05) is 39.4 Å². The normalized spacial score (nSPS) is 26.4. The molecular weight excluding hydrogens is 648 g/mol. The molecule has 0 radical (unpaired) electrons. The standard InChI is InChI=1S/C20H12F5NO2.C13H9F5O/c1-10-4-5-18(27)17-14(19(22,23)20(18,24)25)2-3-15(16(10)17)28-13-7-11(9-26)6-12(21)8-13;1-6-4-5-11(19)10-7(2-3-8(14)9(6)10)12(15,16)13(11,17)18/h2-3,6-8,27H,1,4-5H2;2-3,19H,1,4-5H2. The van der Waals surface area contributed by atoms with Crippen molar-refractivity contribution in [3.63, 3.8) is 0 Å². The summed E-state index contributed by atoms with van der Waals surface area (Å²) < 4.78 is 146. The molecule has 2 atom stereocenters. The first kappa shape index (κ1) is 32.6. The van der Waals surface area contributed by atoms with E-state index in [0.29, 0.717) is 12.1 Å². The average Bonchev–Trinajstić information content (AvgIpc) is 3.19. The summed E-state index contributed by atoms with van der Waals surface area (Å²) in [6.45, 7) is 7.24. The molecule has 47 heavy (non-hydrogen) atoms. The van der Waals surface area contributed by atoms with Crippen LogP contribution in [0, 0.1) is 23.0 Å². The molecule has 3 aromatic carbocycles. The van der Waals surface area contributed by atoms with Crippen LogP contribution in [-0.2, 0) is 23.0 Å². The molecule has 0 saturated heterocycles. The predicted octanol–water partition coefficient (Wildman–Crippen LogP) is 8.79. The third kappa shape index (κ3) is 4.02. The molecule has 7 rings (SSSR count). The SMILES string of the molecule is C=C1CCC2(O)c3c(ccc(F)c31)C(F)(F)C2(F)F.C=C1CCC2(O)c3c(ccc(Oc4cc(F)cc(C#N)c4)c31)C(F)(F)C2(F)F. The molecule has 0 saturated carbocycles. The fraction of sp³-hybridized carbons (Fsp3) is 0.303. The molecule has 14 heteroatoms. The Bertz CT molecular complexity index is 1950. The van der Waals surface area contributed by atoms with Crippen LogP contribution in [0.3, 0.4) is 0 Å². The van der Waals surface area contributed by atoms with E-state index in [2.05, 4.69) is 13.2 Å². The third-order valence-electron chi connectivity index (χ3n) is 9.17. The minimum Gasteiger partial charge on any atom is -0.457 e. The molecule has 0 amide bonds. The summed E-state index contributed by atoms with van der Waals surface area (Å²) in [4.78, 5) is 0. The number of benzene rings is 3. The van der Waals surface area contributed by atoms with Gasteiger partial charge in [-0.05, 0) is 73.2 Å². The zero-order valence-electron chi connectivity index (χ0n) is 23.8. The Balaban J connectivity index is 0.000000177. The van der Waals surface area contributed by atoms with Crippen molar-refractivity contribution in [2.75, 3.05) is 0 Å². The highest BCUT2D eigenvalue weighted by atomic mass is 19.3. The molecule has 0 bridgehead atoms. The van der Waals surface area contributed by atoms with E-state index in [4.69, 9.17) is 10.00 Å². The van der Waals surface area contributed by atoms with E-state index >= 15 is 0 Å². The Hall–Kier alpha value is -4.35. The first-order chi connectivity index (χ1) is 21.7. The number of ether oxygens (including phenoxy) is 1. The predicted molar refractivity (Wildman–Crippen MR) is 146 cm³/mol. The molecule has 246 valence electrons. The van der Waals surface area contributed by atoms with Crippen LogP contribution in [0.2, 0.25) is 0 Å². The summed E-state index contributed by atoms with van der Waals surface area (Å²) in [6.07, 6.45) is -1.52. The maximum absolute atomic E-state index is 14.5. The van der Waals surface area contributed by atoms with Crippen LogP contribution in [-0.4, -0.2) is 22.1 Å². The topological polar surface area (TPSA) is 73.5 Å². The van der Waals surface area contributed by atoms with E-state index in [0.717, 1.165) is 24.3 Å². The molecule has 4 nitrogen and oxygen atoms in total. The summed E-state index contributed by atoms with van der Waals surface area (Å²) in [5.41, 5.74) is -9.64. The fourth-order valence-electron chi connectivity index (χ4n) is 6.79. The fourth-order valence-corrected chi connectivity index (χ4v) is 6.79. The maximum atomic E-state index is 14.5. The van der Waals surface area contributed by atoms with Gasteiger partial charge in [-0.1, -0.05) is 13.2 Å². The zero-order chi connectivity index (χ0) is 34.7. The van der Waals surface area contributed by atoms with Gasteiger partial charge in [0.25, 0.3) is 0 Å². The van der Waals surface area contributed by atoms with Gasteiger partial charge in [0.15, 0.2) is 11.2 Å². The summed E-state index contributed by atoms with van der Waals surface area (Å²) in [5.74, 6) is -20.4. The number of rotatable bonds is 2. The second kappa shape index (κ2) is 9.84. The van der Waals surface area contributed by atoms with Crippen LogP contribution in [0.5, 0.6) is 11.5 Å². The van der Waals surface area contributed by atoms with Crippen molar-refractivity contribution in [1.29, 1.82) is 5.26 Å². The molecule has 0 aliphatic heterocycles. The van der Waals surface area contributed by atoms with E-state index in [1.54, 1.807) is 6.07 Å². The van der Waals surface area contributed by atoms with Crippen LogP contribution < -0.4 is 4.74 Å². The van der Waals surface area contributed by atoms with Crippen LogP contribution >= 0.6 is 0 Å². The van der Waals surface area contributed by atoms with Gasteiger partial charge < -0.3 is 14.9 Å². The van der Waals surface area contributed by atoms with Gasteiger partial charge in [-0.25, -0.2) is 8.78 Å². The molecule has 0 spiro atoms. The summed E-state index contributed by atoms with van der Waals surface area (Å²) in [7, 11) is 0. The summed E-state index contributed by atoms with van der Waals surface area (Å²) in [5, 5.41) is 29.5. The van der Waals surface area contributed by atoms with Gasteiger partial charge in [0.05, 0.1) is 11.6 Å². The second-order valence-corrected chi connectivity index (χ2v) is 11.8. The van der Waals surface area contributed by atoms with E-state index in [1.165, 1.54) is 6.07 Å². The van der Waals surface area contributed by atoms with Gasteiger partial charge in [0.2, 0.25) is 0 Å². The molecule has 2 unspecified atom stereocenters. The van der Waals surface area contributed by atoms with Gasteiger partial charge in [0.1, 0.15) is 23.1 Å². The first-order valence-electron chi connectivity index (χ1n) is 13.9. The average molecular weight is 670 g/mol. The lowest BCUT2D eigenvalue weighted by Crippen LogP contribution is -2.49. The summed E-state index contributed by atoms with van der Waals surface area (Å²) in [6, 6.07) is 8.02. The monoisotopic (exact) mass is 669 g/mol. The van der Waals surface area contributed by atoms with Crippen molar-refractivity contribution >= 4 is 11.1 Å². The van der Waals surface area contributed by atoms with Crippen molar-refractivity contribution in [3.05, 3.63) is 106 Å². The molecule has 4 aliphatic carbocycles. The Labute approximate surface area is 259 Å². The van der Waals surface area contributed by atoms with Gasteiger partial charge in [-0.15, -0.1) is 0 Å².